The van der Waals surface area contributed by atoms with Gasteiger partial charge in [0, 0.05) is 0 Å². The van der Waals surface area contributed by atoms with E-state index in [1.807, 2.05) is 0 Å². The Labute approximate surface area is 188 Å². The summed E-state index contributed by atoms with van der Waals surface area (Å²) in [5.74, 6) is -1.09. The number of hydrogen-bond donors (Lipinski definition) is 2. The lowest BCUT2D eigenvalue weighted by molar-refractivity contribution is -0.153. The molecule has 1 atom stereocenters. The Morgan fingerprint density at radius 2 is 1.97 bits per heavy atom. The highest BCUT2D eigenvalue weighted by Gasteiger charge is 2.28. The van der Waals surface area contributed by atoms with Crippen LogP contribution in [0.3, 0.4) is 0 Å². The number of hydrogen-bond acceptors (Lipinski definition) is 5. The number of fused-ring (bicyclic) bond motifs is 1. The van der Waals surface area contributed by atoms with Gasteiger partial charge in [0.15, 0.2) is 11.7 Å². The van der Waals surface area contributed by atoms with Gasteiger partial charge in [0.2, 0.25) is 5.91 Å². The molecule has 0 bridgehead atoms. The zero-order chi connectivity index (χ0) is 22.8. The first-order chi connectivity index (χ1) is 14.5. The van der Waals surface area contributed by atoms with Crippen LogP contribution in [0.1, 0.15) is 17.3 Å². The number of alkyl halides is 3. The zero-order valence-corrected chi connectivity index (χ0v) is 18.0. The van der Waals surface area contributed by atoms with Crippen molar-refractivity contribution in [3.05, 3.63) is 52.0 Å². The number of nitrogens with one attached hydrogen (secondary N) is 2. The summed E-state index contributed by atoms with van der Waals surface area (Å²) in [5, 5.41) is 5.58. The maximum atomic E-state index is 12.4. The molecule has 1 unspecified atom stereocenters. The van der Waals surface area contributed by atoms with E-state index in [4.69, 9.17) is 27.9 Å². The van der Waals surface area contributed by atoms with E-state index in [-0.39, 0.29) is 26.5 Å². The van der Waals surface area contributed by atoms with Gasteiger partial charge in [0.1, 0.15) is 11.8 Å². The number of carbonyl (C=O) groups is 2. The number of nitrogens with zero attached hydrogens (tertiary/aromatic N) is 1. The van der Waals surface area contributed by atoms with Gasteiger partial charge in [-0.1, -0.05) is 40.6 Å². The van der Waals surface area contributed by atoms with Crippen molar-refractivity contribution in [3.8, 4) is 5.75 Å². The van der Waals surface area contributed by atoms with Crippen LogP contribution in [0.5, 0.6) is 5.75 Å². The lowest BCUT2D eigenvalue weighted by atomic mass is 10.2. The molecule has 0 fully saturated rings. The van der Waals surface area contributed by atoms with Crippen LogP contribution in [-0.2, 0) is 4.79 Å². The van der Waals surface area contributed by atoms with Crippen LogP contribution in [0.4, 0.5) is 18.3 Å². The van der Waals surface area contributed by atoms with Crippen molar-refractivity contribution in [1.29, 1.82) is 0 Å². The number of carbonyl (C=O) groups excluding carboxylic acids is 2. The Morgan fingerprint density at radius 3 is 2.68 bits per heavy atom. The molecule has 1 heterocycles. The molecule has 6 nitrogen and oxygen atoms in total. The van der Waals surface area contributed by atoms with Gasteiger partial charge in [0.05, 0.1) is 25.8 Å². The summed E-state index contributed by atoms with van der Waals surface area (Å²) in [4.78, 5) is 29.0. The molecule has 12 heteroatoms. The summed E-state index contributed by atoms with van der Waals surface area (Å²) in [5.41, 5.74) is 0.599. The minimum atomic E-state index is -4.45. The predicted molar refractivity (Wildman–Crippen MR) is 113 cm³/mol. The maximum absolute atomic E-state index is 12.4. The van der Waals surface area contributed by atoms with Gasteiger partial charge in [-0.3, -0.25) is 9.59 Å². The Hall–Kier alpha value is -2.56. The molecular formula is C19H14Cl2F3N3O3S. The molecule has 3 rings (SSSR count). The van der Waals surface area contributed by atoms with E-state index >= 15 is 0 Å². The van der Waals surface area contributed by atoms with E-state index < -0.39 is 30.6 Å². The van der Waals surface area contributed by atoms with Gasteiger partial charge in [-0.25, -0.2) is 4.98 Å². The fourth-order valence-corrected chi connectivity index (χ4v) is 3.73. The number of thiazole rings is 1. The number of rotatable bonds is 6. The lowest BCUT2D eigenvalue weighted by Gasteiger charge is -2.14. The molecule has 0 aliphatic heterocycles. The van der Waals surface area contributed by atoms with Crippen molar-refractivity contribution < 1.29 is 27.5 Å². The lowest BCUT2D eigenvalue weighted by Crippen LogP contribution is -2.41. The van der Waals surface area contributed by atoms with E-state index in [0.29, 0.717) is 10.2 Å². The van der Waals surface area contributed by atoms with E-state index in [0.717, 1.165) is 11.3 Å². The van der Waals surface area contributed by atoms with Gasteiger partial charge < -0.3 is 15.4 Å². The third-order valence-electron chi connectivity index (χ3n) is 3.93. The van der Waals surface area contributed by atoms with Crippen LogP contribution in [0.25, 0.3) is 10.2 Å². The number of halogens is 5. The third kappa shape index (κ3) is 5.99. The van der Waals surface area contributed by atoms with Crippen molar-refractivity contribution >= 4 is 61.7 Å². The molecule has 1 aromatic heterocycles. The number of aromatic nitrogens is 1. The molecule has 2 N–H and O–H groups in total. The van der Waals surface area contributed by atoms with Crippen LogP contribution < -0.4 is 15.4 Å². The van der Waals surface area contributed by atoms with E-state index in [1.165, 1.54) is 37.3 Å². The molecule has 0 aliphatic carbocycles. The van der Waals surface area contributed by atoms with Crippen molar-refractivity contribution in [3.63, 3.8) is 0 Å². The van der Waals surface area contributed by atoms with Crippen molar-refractivity contribution in [1.82, 2.24) is 10.3 Å². The van der Waals surface area contributed by atoms with Gasteiger partial charge in [-0.05, 0) is 37.3 Å². The molecule has 164 valence electrons. The first-order valence-electron chi connectivity index (χ1n) is 8.69. The van der Waals surface area contributed by atoms with Gasteiger partial charge in [-0.2, -0.15) is 13.2 Å². The predicted octanol–water partition coefficient (Wildman–Crippen LogP) is 5.30. The van der Waals surface area contributed by atoms with Gasteiger partial charge >= 0.3 is 6.18 Å². The van der Waals surface area contributed by atoms with Crippen LogP contribution in [0.15, 0.2) is 36.4 Å². The quantitative estimate of drug-likeness (QED) is 0.490. The molecule has 2 amide bonds. The SMILES string of the molecule is CC(NC(=O)c1cccc(Cl)c1Cl)C(=O)Nc1nc2ccc(OCC(F)(F)F)cc2s1. The Bertz CT molecular complexity index is 1140. The fourth-order valence-electron chi connectivity index (χ4n) is 2.45. The van der Waals surface area contributed by atoms with Crippen molar-refractivity contribution in [2.24, 2.45) is 0 Å². The first-order valence-corrected chi connectivity index (χ1v) is 10.3. The minimum absolute atomic E-state index is 0.0328. The summed E-state index contributed by atoms with van der Waals surface area (Å²) in [7, 11) is 0. The number of benzene rings is 2. The fraction of sp³-hybridized carbons (Fsp3) is 0.211. The second-order valence-corrected chi connectivity index (χ2v) is 8.15. The van der Waals surface area contributed by atoms with Gasteiger partial charge in [-0.15, -0.1) is 0 Å². The molecule has 0 saturated heterocycles. The average molecular weight is 492 g/mol. The number of ether oxygens (including phenoxy) is 1. The summed E-state index contributed by atoms with van der Waals surface area (Å²) in [6.45, 7) is 0.0663. The second kappa shape index (κ2) is 9.29. The molecule has 0 saturated carbocycles. The van der Waals surface area contributed by atoms with Crippen molar-refractivity contribution in [2.75, 3.05) is 11.9 Å². The third-order valence-corrected chi connectivity index (χ3v) is 5.68. The standard InChI is InChI=1S/C19H14Cl2F3N3O3S/c1-9(25-17(29)11-3-2-4-12(20)15(11)21)16(28)27-18-26-13-6-5-10(7-14(13)31-18)30-8-19(22,23)24/h2-7,9H,8H2,1H3,(H,25,29)(H,26,27,28). The van der Waals surface area contributed by atoms with E-state index in [1.54, 1.807) is 6.07 Å². The van der Waals surface area contributed by atoms with Gasteiger partial charge in [0.25, 0.3) is 5.91 Å². The Balaban J connectivity index is 1.65. The maximum Gasteiger partial charge on any atom is 0.422 e. The summed E-state index contributed by atoms with van der Waals surface area (Å²) < 4.78 is 42.1. The number of anilines is 1. The van der Waals surface area contributed by atoms with Crippen LogP contribution in [0, 0.1) is 0 Å². The molecular weight excluding hydrogens is 478 g/mol. The molecule has 3 aromatic rings. The molecule has 0 radical (unpaired) electrons. The second-order valence-electron chi connectivity index (χ2n) is 6.34. The Morgan fingerprint density at radius 1 is 1.23 bits per heavy atom. The minimum Gasteiger partial charge on any atom is -0.484 e. The smallest absolute Gasteiger partial charge is 0.422 e. The number of amides is 2. The highest BCUT2D eigenvalue weighted by Crippen LogP contribution is 2.30. The summed E-state index contributed by atoms with van der Waals surface area (Å²) in [6, 6.07) is 7.88. The van der Waals surface area contributed by atoms with E-state index in [9.17, 15) is 22.8 Å². The molecule has 0 spiro atoms. The monoisotopic (exact) mass is 491 g/mol. The topological polar surface area (TPSA) is 80.3 Å². The molecule has 31 heavy (non-hydrogen) atoms. The van der Waals surface area contributed by atoms with Crippen LogP contribution in [-0.4, -0.2) is 35.6 Å². The first kappa shape index (κ1) is 23.1. The van der Waals surface area contributed by atoms with Crippen LogP contribution >= 0.6 is 34.5 Å². The summed E-state index contributed by atoms with van der Waals surface area (Å²) >= 11 is 13.0. The summed E-state index contributed by atoms with van der Waals surface area (Å²) in [6.07, 6.45) is -4.45. The van der Waals surface area contributed by atoms with Crippen LogP contribution in [0.2, 0.25) is 10.0 Å². The molecule has 0 aliphatic rings. The highest BCUT2D eigenvalue weighted by atomic mass is 35.5. The zero-order valence-electron chi connectivity index (χ0n) is 15.7. The largest absolute Gasteiger partial charge is 0.484 e. The normalized spacial score (nSPS) is 12.5. The van der Waals surface area contributed by atoms with Crippen molar-refractivity contribution in [2.45, 2.75) is 19.1 Å². The highest BCUT2D eigenvalue weighted by molar-refractivity contribution is 7.22. The Kier molecular flexibility index (Phi) is 6.93. The molecule has 2 aromatic carbocycles. The van der Waals surface area contributed by atoms with E-state index in [2.05, 4.69) is 15.6 Å². The average Bonchev–Trinajstić information content (AvgIpc) is 3.09.